The van der Waals surface area contributed by atoms with Crippen LogP contribution in [0.5, 0.6) is 0 Å². The third-order valence-corrected chi connectivity index (χ3v) is 4.97. The molecule has 1 aliphatic heterocycles. The molecule has 4 rings (SSSR count). The van der Waals surface area contributed by atoms with Crippen LogP contribution in [0.25, 0.3) is 10.6 Å². The molecule has 1 amide bonds. The van der Waals surface area contributed by atoms with Gasteiger partial charge in [0.05, 0.1) is 17.5 Å². The quantitative estimate of drug-likeness (QED) is 0.739. The van der Waals surface area contributed by atoms with E-state index in [1.807, 2.05) is 39.4 Å². The maximum Gasteiger partial charge on any atom is 0.276 e. The zero-order chi connectivity index (χ0) is 15.6. The minimum Gasteiger partial charge on any atom is -0.355 e. The van der Waals surface area contributed by atoms with Crippen LogP contribution >= 0.6 is 11.3 Å². The van der Waals surface area contributed by atoms with E-state index in [1.165, 1.54) is 0 Å². The van der Waals surface area contributed by atoms with E-state index in [0.717, 1.165) is 24.3 Å². The second-order valence-electron chi connectivity index (χ2n) is 5.58. The molecule has 1 unspecified atom stereocenters. The molecule has 0 bridgehead atoms. The van der Waals surface area contributed by atoms with Crippen molar-refractivity contribution in [2.45, 2.75) is 25.4 Å². The lowest BCUT2D eigenvalue weighted by Crippen LogP contribution is -2.38. The second-order valence-corrected chi connectivity index (χ2v) is 6.52. The van der Waals surface area contributed by atoms with Crippen LogP contribution in [0.4, 0.5) is 0 Å². The number of hydrogen-bond acceptors (Lipinski definition) is 5. The van der Waals surface area contributed by atoms with Gasteiger partial charge in [0.25, 0.3) is 5.91 Å². The number of carbonyl (C=O) groups excluding carboxylic acids is 1. The summed E-state index contributed by atoms with van der Waals surface area (Å²) in [6.07, 6.45) is 5.67. The highest BCUT2D eigenvalue weighted by Gasteiger charge is 2.31. The molecule has 1 saturated heterocycles. The van der Waals surface area contributed by atoms with Crippen LogP contribution in [-0.4, -0.2) is 38.3 Å². The van der Waals surface area contributed by atoms with Gasteiger partial charge in [0.15, 0.2) is 11.5 Å². The van der Waals surface area contributed by atoms with Gasteiger partial charge in [-0.05, 0) is 30.4 Å². The minimum atomic E-state index is -0.0637. The Hall–Kier alpha value is -2.41. The number of hydrogen-bond donors (Lipinski definition) is 0. The summed E-state index contributed by atoms with van der Waals surface area (Å²) < 4.78 is 7.20. The van der Waals surface area contributed by atoms with Gasteiger partial charge in [-0.15, -0.1) is 11.3 Å². The molecule has 118 valence electrons. The van der Waals surface area contributed by atoms with Gasteiger partial charge >= 0.3 is 0 Å². The first-order valence-electron chi connectivity index (χ1n) is 7.60. The molecule has 1 fully saturated rings. The molecule has 1 aliphatic rings. The Bertz CT molecular complexity index is 779. The molecule has 6 nitrogen and oxygen atoms in total. The van der Waals surface area contributed by atoms with Gasteiger partial charge in [-0.3, -0.25) is 9.48 Å². The van der Waals surface area contributed by atoms with Gasteiger partial charge < -0.3 is 9.42 Å². The van der Waals surface area contributed by atoms with Crippen LogP contribution in [0.1, 0.15) is 23.3 Å². The molecule has 0 N–H and O–H groups in total. The zero-order valence-electron chi connectivity index (χ0n) is 12.5. The fourth-order valence-corrected chi connectivity index (χ4v) is 3.65. The normalized spacial score (nSPS) is 17.7. The van der Waals surface area contributed by atoms with Gasteiger partial charge in [0, 0.05) is 25.0 Å². The van der Waals surface area contributed by atoms with Crippen molar-refractivity contribution in [1.29, 1.82) is 0 Å². The van der Waals surface area contributed by atoms with Crippen molar-refractivity contribution in [3.63, 3.8) is 0 Å². The molecule has 23 heavy (non-hydrogen) atoms. The fraction of sp³-hybridized carbons (Fsp3) is 0.312. The maximum absolute atomic E-state index is 12.7. The van der Waals surface area contributed by atoms with Crippen LogP contribution in [-0.2, 0) is 6.54 Å². The highest BCUT2D eigenvalue weighted by Crippen LogP contribution is 2.27. The van der Waals surface area contributed by atoms with Gasteiger partial charge in [0.2, 0.25) is 0 Å². The summed E-state index contributed by atoms with van der Waals surface area (Å²) in [5, 5.41) is 10.2. The van der Waals surface area contributed by atoms with Gasteiger partial charge in [0.1, 0.15) is 0 Å². The summed E-state index contributed by atoms with van der Waals surface area (Å²) in [5.74, 6) is 0.581. The first-order valence-corrected chi connectivity index (χ1v) is 8.48. The van der Waals surface area contributed by atoms with Crippen molar-refractivity contribution in [2.75, 3.05) is 6.54 Å². The smallest absolute Gasteiger partial charge is 0.276 e. The van der Waals surface area contributed by atoms with Crippen molar-refractivity contribution in [3.05, 3.63) is 47.7 Å². The Labute approximate surface area is 137 Å². The van der Waals surface area contributed by atoms with E-state index in [1.54, 1.807) is 23.6 Å². The standard InChI is InChI=1S/C16H16N4O2S/c21-16(13-10-14(22-18-13)15-5-2-9-23-15)20-8-1-4-12(20)11-19-7-3-6-17-19/h2-3,5-7,9-10,12H,1,4,8,11H2. The predicted octanol–water partition coefficient (Wildman–Crippen LogP) is 2.90. The first-order chi connectivity index (χ1) is 11.3. The van der Waals surface area contributed by atoms with E-state index in [-0.39, 0.29) is 11.9 Å². The topological polar surface area (TPSA) is 64.2 Å². The average molecular weight is 328 g/mol. The molecule has 1 atom stereocenters. The number of amides is 1. The third kappa shape index (κ3) is 2.79. The second kappa shape index (κ2) is 6.00. The summed E-state index contributed by atoms with van der Waals surface area (Å²) in [6.45, 7) is 1.47. The van der Waals surface area contributed by atoms with Crippen LogP contribution in [0.3, 0.4) is 0 Å². The van der Waals surface area contributed by atoms with E-state index < -0.39 is 0 Å². The van der Waals surface area contributed by atoms with Crippen molar-refractivity contribution in [2.24, 2.45) is 0 Å². The molecule has 0 saturated carbocycles. The molecule has 0 aliphatic carbocycles. The molecule has 3 aromatic rings. The van der Waals surface area contributed by atoms with Crippen LogP contribution in [0, 0.1) is 0 Å². The monoisotopic (exact) mass is 328 g/mol. The van der Waals surface area contributed by atoms with Gasteiger partial charge in [-0.2, -0.15) is 5.10 Å². The predicted molar refractivity (Wildman–Crippen MR) is 86.1 cm³/mol. The van der Waals surface area contributed by atoms with Crippen LogP contribution < -0.4 is 0 Å². The number of carbonyl (C=O) groups is 1. The lowest BCUT2D eigenvalue weighted by molar-refractivity contribution is 0.0711. The zero-order valence-corrected chi connectivity index (χ0v) is 13.3. The van der Waals surface area contributed by atoms with Crippen molar-refractivity contribution in [3.8, 4) is 10.6 Å². The van der Waals surface area contributed by atoms with Crippen molar-refractivity contribution in [1.82, 2.24) is 19.8 Å². The lowest BCUT2D eigenvalue weighted by Gasteiger charge is -2.23. The summed E-state index contributed by atoms with van der Waals surface area (Å²) in [7, 11) is 0. The highest BCUT2D eigenvalue weighted by atomic mass is 32.1. The first kappa shape index (κ1) is 14.2. The third-order valence-electron chi connectivity index (χ3n) is 4.09. The Balaban J connectivity index is 1.51. The number of likely N-dealkylation sites (tertiary alicyclic amines) is 1. The van der Waals surface area contributed by atoms with Crippen LogP contribution in [0.2, 0.25) is 0 Å². The number of thiophene rings is 1. The van der Waals surface area contributed by atoms with Crippen LogP contribution in [0.15, 0.2) is 46.6 Å². The number of nitrogens with zero attached hydrogens (tertiary/aromatic N) is 4. The van der Waals surface area contributed by atoms with E-state index in [0.29, 0.717) is 18.0 Å². The Morgan fingerprint density at radius 1 is 1.43 bits per heavy atom. The molecule has 0 radical (unpaired) electrons. The molecule has 0 spiro atoms. The summed E-state index contributed by atoms with van der Waals surface area (Å²) in [5.41, 5.74) is 0.376. The highest BCUT2D eigenvalue weighted by molar-refractivity contribution is 7.13. The van der Waals surface area contributed by atoms with E-state index in [4.69, 9.17) is 4.52 Å². The molecular weight excluding hydrogens is 312 g/mol. The number of rotatable bonds is 4. The molecule has 0 aromatic carbocycles. The Morgan fingerprint density at radius 3 is 3.17 bits per heavy atom. The average Bonchev–Trinajstić information content (AvgIpc) is 3.33. The van der Waals surface area contributed by atoms with E-state index in [2.05, 4.69) is 10.3 Å². The minimum absolute atomic E-state index is 0.0637. The lowest BCUT2D eigenvalue weighted by atomic mass is 10.2. The summed E-state index contributed by atoms with van der Waals surface area (Å²) in [4.78, 5) is 15.6. The molecular formula is C16H16N4O2S. The number of aromatic nitrogens is 3. The van der Waals surface area contributed by atoms with Crippen molar-refractivity contribution < 1.29 is 9.32 Å². The summed E-state index contributed by atoms with van der Waals surface area (Å²) >= 11 is 1.57. The Kier molecular flexibility index (Phi) is 3.70. The fourth-order valence-electron chi connectivity index (χ4n) is 2.98. The molecule has 3 aromatic heterocycles. The van der Waals surface area contributed by atoms with Gasteiger partial charge in [-0.1, -0.05) is 11.2 Å². The maximum atomic E-state index is 12.7. The largest absolute Gasteiger partial charge is 0.355 e. The van der Waals surface area contributed by atoms with Crippen molar-refractivity contribution >= 4 is 17.2 Å². The van der Waals surface area contributed by atoms with E-state index >= 15 is 0 Å². The van der Waals surface area contributed by atoms with E-state index in [9.17, 15) is 4.79 Å². The summed E-state index contributed by atoms with van der Waals surface area (Å²) in [6, 6.07) is 7.69. The molecule has 7 heteroatoms. The van der Waals surface area contributed by atoms with Gasteiger partial charge in [-0.25, -0.2) is 0 Å². The molecule has 4 heterocycles. The SMILES string of the molecule is O=C(c1cc(-c2cccs2)on1)N1CCCC1Cn1cccn1. The Morgan fingerprint density at radius 2 is 2.39 bits per heavy atom.